The number of nitrogens with one attached hydrogen (secondary N) is 1. The number of rotatable bonds is 3. The lowest BCUT2D eigenvalue weighted by Gasteiger charge is -2.19. The van der Waals surface area contributed by atoms with E-state index >= 15 is 0 Å². The highest BCUT2D eigenvalue weighted by atomic mass is 79.9. The van der Waals surface area contributed by atoms with Crippen LogP contribution < -0.4 is 5.32 Å². The molecule has 4 nitrogen and oxygen atoms in total. The van der Waals surface area contributed by atoms with Crippen molar-refractivity contribution in [2.45, 2.75) is 32.9 Å². The predicted octanol–water partition coefficient (Wildman–Crippen LogP) is 3.59. The first-order valence-corrected chi connectivity index (χ1v) is 6.18. The van der Waals surface area contributed by atoms with Crippen LogP contribution in [-0.4, -0.2) is 10.5 Å². The van der Waals surface area contributed by atoms with Gasteiger partial charge in [0.25, 0.3) is 5.89 Å². The van der Waals surface area contributed by atoms with E-state index in [9.17, 15) is 0 Å². The molecule has 0 fully saturated rings. The second kappa shape index (κ2) is 4.66. The van der Waals surface area contributed by atoms with Gasteiger partial charge in [-0.25, -0.2) is 4.98 Å². The smallest absolute Gasteiger partial charge is 0.263 e. The molecule has 0 aromatic carbocycles. The fourth-order valence-corrected chi connectivity index (χ4v) is 1.59. The van der Waals surface area contributed by atoms with Gasteiger partial charge in [-0.05, 0) is 48.8 Å². The van der Waals surface area contributed by atoms with E-state index < -0.39 is 0 Å². The minimum Gasteiger partial charge on any atom is -0.444 e. The van der Waals surface area contributed by atoms with E-state index in [4.69, 9.17) is 8.83 Å². The zero-order chi connectivity index (χ0) is 12.5. The highest BCUT2D eigenvalue weighted by molar-refractivity contribution is 9.10. The van der Waals surface area contributed by atoms with Gasteiger partial charge in [-0.3, -0.25) is 0 Å². The Balaban J connectivity index is 2.06. The van der Waals surface area contributed by atoms with Crippen LogP contribution in [0.25, 0.3) is 11.7 Å². The van der Waals surface area contributed by atoms with Gasteiger partial charge in [-0.2, -0.15) is 0 Å². The highest BCUT2D eigenvalue weighted by Gasteiger charge is 2.13. The van der Waals surface area contributed by atoms with Crippen molar-refractivity contribution in [2.75, 3.05) is 0 Å². The van der Waals surface area contributed by atoms with Crippen LogP contribution in [0.5, 0.6) is 0 Å². The van der Waals surface area contributed by atoms with Crippen LogP contribution >= 0.6 is 15.9 Å². The Bertz CT molecular complexity index is 497. The van der Waals surface area contributed by atoms with Crippen molar-refractivity contribution in [1.29, 1.82) is 0 Å². The standard InChI is InChI=1S/C12H15BrN2O2/c1-12(2,3)14-6-8-7-16-11(15-8)9-4-5-10(13)17-9/h4-5,7,14H,6H2,1-3H3. The van der Waals surface area contributed by atoms with Gasteiger partial charge in [-0.15, -0.1) is 0 Å². The van der Waals surface area contributed by atoms with Crippen LogP contribution in [0.15, 0.2) is 31.9 Å². The van der Waals surface area contributed by atoms with Crippen LogP contribution in [0, 0.1) is 0 Å². The normalized spacial score (nSPS) is 12.0. The van der Waals surface area contributed by atoms with Crippen LogP contribution in [0.4, 0.5) is 0 Å². The third-order valence-electron chi connectivity index (χ3n) is 2.14. The average Bonchev–Trinajstić information content (AvgIpc) is 2.81. The fourth-order valence-electron chi connectivity index (χ4n) is 1.29. The Hall–Kier alpha value is -1.07. The van der Waals surface area contributed by atoms with Crippen LogP contribution in [-0.2, 0) is 6.54 Å². The van der Waals surface area contributed by atoms with Crippen molar-refractivity contribution in [3.63, 3.8) is 0 Å². The van der Waals surface area contributed by atoms with Gasteiger partial charge in [-0.1, -0.05) is 0 Å². The van der Waals surface area contributed by atoms with Crippen molar-refractivity contribution < 1.29 is 8.83 Å². The average molecular weight is 299 g/mol. The summed E-state index contributed by atoms with van der Waals surface area (Å²) in [6.45, 7) is 7.00. The van der Waals surface area contributed by atoms with Crippen molar-refractivity contribution in [3.8, 4) is 11.7 Å². The summed E-state index contributed by atoms with van der Waals surface area (Å²) >= 11 is 3.24. The van der Waals surface area contributed by atoms with E-state index in [1.54, 1.807) is 6.26 Å². The second-order valence-electron chi connectivity index (χ2n) is 4.85. The molecule has 2 aromatic rings. The third kappa shape index (κ3) is 3.44. The molecule has 0 aliphatic rings. The summed E-state index contributed by atoms with van der Waals surface area (Å²) in [6, 6.07) is 3.63. The Labute approximate surface area is 109 Å². The van der Waals surface area contributed by atoms with E-state index in [-0.39, 0.29) is 5.54 Å². The molecule has 17 heavy (non-hydrogen) atoms. The zero-order valence-electron chi connectivity index (χ0n) is 10.1. The SMILES string of the molecule is CC(C)(C)NCc1coc(-c2ccc(Br)o2)n1. The molecule has 0 aliphatic heterocycles. The molecule has 0 amide bonds. The number of oxazole rings is 1. The molecular formula is C12H15BrN2O2. The first-order chi connectivity index (χ1) is 7.94. The third-order valence-corrected chi connectivity index (χ3v) is 2.56. The van der Waals surface area contributed by atoms with Crippen LogP contribution in [0.2, 0.25) is 0 Å². The molecule has 2 aromatic heterocycles. The molecule has 1 N–H and O–H groups in total. The van der Waals surface area contributed by atoms with Crippen molar-refractivity contribution in [3.05, 3.63) is 28.8 Å². The minimum absolute atomic E-state index is 0.0623. The Kier molecular flexibility index (Phi) is 3.40. The maximum atomic E-state index is 5.37. The monoisotopic (exact) mass is 298 g/mol. The minimum atomic E-state index is 0.0623. The maximum Gasteiger partial charge on any atom is 0.263 e. The van der Waals surface area contributed by atoms with Gasteiger partial charge in [0.2, 0.25) is 0 Å². The van der Waals surface area contributed by atoms with Gasteiger partial charge in [0, 0.05) is 12.1 Å². The van der Waals surface area contributed by atoms with Crippen molar-refractivity contribution >= 4 is 15.9 Å². The molecule has 2 rings (SSSR count). The lowest BCUT2D eigenvalue weighted by atomic mass is 10.1. The first kappa shape index (κ1) is 12.4. The van der Waals surface area contributed by atoms with E-state index in [0.717, 1.165) is 5.69 Å². The summed E-state index contributed by atoms with van der Waals surface area (Å²) in [5.74, 6) is 1.13. The number of hydrogen-bond acceptors (Lipinski definition) is 4. The lowest BCUT2D eigenvalue weighted by molar-refractivity contribution is 0.421. The zero-order valence-corrected chi connectivity index (χ0v) is 11.7. The summed E-state index contributed by atoms with van der Waals surface area (Å²) in [7, 11) is 0. The lowest BCUT2D eigenvalue weighted by Crippen LogP contribution is -2.35. The van der Waals surface area contributed by atoms with Crippen LogP contribution in [0.1, 0.15) is 26.5 Å². The van der Waals surface area contributed by atoms with E-state index in [2.05, 4.69) is 47.0 Å². The summed E-state index contributed by atoms with van der Waals surface area (Å²) in [5.41, 5.74) is 0.926. The summed E-state index contributed by atoms with van der Waals surface area (Å²) < 4.78 is 11.4. The summed E-state index contributed by atoms with van der Waals surface area (Å²) in [4.78, 5) is 4.35. The van der Waals surface area contributed by atoms with E-state index in [0.29, 0.717) is 22.9 Å². The number of nitrogens with zero attached hydrogens (tertiary/aromatic N) is 1. The fraction of sp³-hybridized carbons (Fsp3) is 0.417. The molecular weight excluding hydrogens is 284 g/mol. The van der Waals surface area contributed by atoms with Gasteiger partial charge < -0.3 is 14.2 Å². The van der Waals surface area contributed by atoms with Crippen LogP contribution in [0.3, 0.4) is 0 Å². The first-order valence-electron chi connectivity index (χ1n) is 5.39. The molecule has 2 heterocycles. The highest BCUT2D eigenvalue weighted by Crippen LogP contribution is 2.24. The molecule has 0 aliphatic carbocycles. The maximum absolute atomic E-state index is 5.37. The molecule has 5 heteroatoms. The largest absolute Gasteiger partial charge is 0.444 e. The number of aromatic nitrogens is 1. The number of hydrogen-bond donors (Lipinski definition) is 1. The van der Waals surface area contributed by atoms with Gasteiger partial charge in [0.05, 0.1) is 5.69 Å². The van der Waals surface area contributed by atoms with Gasteiger partial charge in [0.1, 0.15) is 6.26 Å². The number of halogens is 1. The van der Waals surface area contributed by atoms with Gasteiger partial charge >= 0.3 is 0 Å². The topological polar surface area (TPSA) is 51.2 Å². The molecule has 0 atom stereocenters. The summed E-state index contributed by atoms with van der Waals surface area (Å²) in [5, 5.41) is 3.35. The molecule has 0 bridgehead atoms. The quantitative estimate of drug-likeness (QED) is 0.941. The molecule has 0 saturated heterocycles. The van der Waals surface area contributed by atoms with Gasteiger partial charge in [0.15, 0.2) is 10.4 Å². The summed E-state index contributed by atoms with van der Waals surface area (Å²) in [6.07, 6.45) is 1.64. The Morgan fingerprint density at radius 2 is 2.12 bits per heavy atom. The van der Waals surface area contributed by atoms with E-state index in [1.165, 1.54) is 0 Å². The van der Waals surface area contributed by atoms with Crippen molar-refractivity contribution in [1.82, 2.24) is 10.3 Å². The van der Waals surface area contributed by atoms with Crippen molar-refractivity contribution in [2.24, 2.45) is 0 Å². The molecule has 0 saturated carbocycles. The number of furan rings is 1. The second-order valence-corrected chi connectivity index (χ2v) is 5.63. The Morgan fingerprint density at radius 1 is 1.35 bits per heavy atom. The molecule has 92 valence electrons. The molecule has 0 spiro atoms. The Morgan fingerprint density at radius 3 is 2.71 bits per heavy atom. The molecule has 0 radical (unpaired) electrons. The molecule has 0 unspecified atom stereocenters. The predicted molar refractivity (Wildman–Crippen MR) is 68.5 cm³/mol. The van der Waals surface area contributed by atoms with E-state index in [1.807, 2.05) is 12.1 Å².